The molecule has 4 nitrogen and oxygen atoms in total. The van der Waals surface area contributed by atoms with Crippen molar-refractivity contribution in [3.63, 3.8) is 0 Å². The summed E-state index contributed by atoms with van der Waals surface area (Å²) in [6.45, 7) is 4.93. The highest BCUT2D eigenvalue weighted by molar-refractivity contribution is 6.30. The first-order chi connectivity index (χ1) is 9.39. The maximum absolute atomic E-state index is 12.1. The van der Waals surface area contributed by atoms with Crippen molar-refractivity contribution in [3.05, 3.63) is 28.8 Å². The van der Waals surface area contributed by atoms with Crippen molar-refractivity contribution in [1.82, 2.24) is 10.2 Å². The molecule has 110 valence electrons. The highest BCUT2D eigenvalue weighted by Crippen LogP contribution is 2.29. The van der Waals surface area contributed by atoms with E-state index in [4.69, 9.17) is 11.6 Å². The van der Waals surface area contributed by atoms with Crippen LogP contribution in [0.3, 0.4) is 0 Å². The molecule has 0 aliphatic carbocycles. The van der Waals surface area contributed by atoms with Gasteiger partial charge in [-0.15, -0.1) is 0 Å². The number of nitrogens with one attached hydrogen (secondary N) is 1. The summed E-state index contributed by atoms with van der Waals surface area (Å²) in [6.07, 6.45) is 2.13. The molecule has 1 amide bonds. The Morgan fingerprint density at radius 3 is 2.70 bits per heavy atom. The highest BCUT2D eigenvalue weighted by atomic mass is 35.5. The van der Waals surface area contributed by atoms with Gasteiger partial charge in [0.2, 0.25) is 0 Å². The Hall–Kier alpha value is -1.26. The van der Waals surface area contributed by atoms with Crippen LogP contribution in [0.4, 0.5) is 0 Å². The summed E-state index contributed by atoms with van der Waals surface area (Å²) < 4.78 is 0. The Morgan fingerprint density at radius 2 is 2.10 bits per heavy atom. The van der Waals surface area contributed by atoms with E-state index in [1.807, 2.05) is 0 Å². The number of phenols is 1. The van der Waals surface area contributed by atoms with Gasteiger partial charge in [0.05, 0.1) is 5.56 Å². The SMILES string of the molecule is CN1CCC(C)(CNC(=O)c2ccc(Cl)cc2O)CC1. The average molecular weight is 297 g/mol. The molecule has 0 saturated carbocycles. The lowest BCUT2D eigenvalue weighted by atomic mass is 9.80. The number of halogens is 1. The molecule has 1 heterocycles. The lowest BCUT2D eigenvalue weighted by Gasteiger charge is -2.37. The number of likely N-dealkylation sites (tertiary alicyclic amines) is 1. The summed E-state index contributed by atoms with van der Waals surface area (Å²) in [5.41, 5.74) is 0.399. The number of benzene rings is 1. The van der Waals surface area contributed by atoms with E-state index >= 15 is 0 Å². The molecule has 1 aliphatic heterocycles. The lowest BCUT2D eigenvalue weighted by molar-refractivity contribution is 0.0889. The van der Waals surface area contributed by atoms with Gasteiger partial charge in [0.1, 0.15) is 5.75 Å². The van der Waals surface area contributed by atoms with Crippen LogP contribution < -0.4 is 5.32 Å². The highest BCUT2D eigenvalue weighted by Gasteiger charge is 2.29. The van der Waals surface area contributed by atoms with Crippen LogP contribution in [-0.2, 0) is 0 Å². The van der Waals surface area contributed by atoms with Gasteiger partial charge in [0.25, 0.3) is 5.91 Å². The normalized spacial score (nSPS) is 18.8. The first kappa shape index (κ1) is 15.1. The molecule has 2 N–H and O–H groups in total. The Morgan fingerprint density at radius 1 is 1.45 bits per heavy atom. The number of nitrogens with zero attached hydrogens (tertiary/aromatic N) is 1. The van der Waals surface area contributed by atoms with Gasteiger partial charge in [-0.05, 0) is 56.6 Å². The maximum atomic E-state index is 12.1. The monoisotopic (exact) mass is 296 g/mol. The zero-order valence-electron chi connectivity index (χ0n) is 11.9. The molecule has 1 fully saturated rings. The van der Waals surface area contributed by atoms with Gasteiger partial charge in [-0.2, -0.15) is 0 Å². The molecule has 0 radical (unpaired) electrons. The minimum atomic E-state index is -0.251. The molecular weight excluding hydrogens is 276 g/mol. The van der Waals surface area contributed by atoms with E-state index in [1.54, 1.807) is 12.1 Å². The fraction of sp³-hybridized carbons (Fsp3) is 0.533. The number of hydrogen-bond acceptors (Lipinski definition) is 3. The second kappa shape index (κ2) is 6.02. The second-order valence-corrected chi connectivity index (χ2v) is 6.39. The van der Waals surface area contributed by atoms with Crippen LogP contribution in [0.15, 0.2) is 18.2 Å². The zero-order chi connectivity index (χ0) is 14.8. The molecule has 0 bridgehead atoms. The van der Waals surface area contributed by atoms with Crippen molar-refractivity contribution in [2.75, 3.05) is 26.7 Å². The first-order valence-electron chi connectivity index (χ1n) is 6.85. The van der Waals surface area contributed by atoms with Crippen LogP contribution >= 0.6 is 11.6 Å². The molecule has 2 rings (SSSR count). The Balaban J connectivity index is 1.95. The second-order valence-electron chi connectivity index (χ2n) is 5.96. The third kappa shape index (κ3) is 3.64. The molecule has 20 heavy (non-hydrogen) atoms. The predicted octanol–water partition coefficient (Wildman–Crippen LogP) is 2.51. The van der Waals surface area contributed by atoms with E-state index in [0.717, 1.165) is 25.9 Å². The summed E-state index contributed by atoms with van der Waals surface area (Å²) in [5, 5.41) is 13.1. The average Bonchev–Trinajstić information content (AvgIpc) is 2.40. The number of phenolic OH excluding ortho intramolecular Hbond substituents is 1. The van der Waals surface area contributed by atoms with E-state index in [-0.39, 0.29) is 22.6 Å². The van der Waals surface area contributed by atoms with Crippen LogP contribution in [0.5, 0.6) is 5.75 Å². The lowest BCUT2D eigenvalue weighted by Crippen LogP contribution is -2.43. The number of carbonyl (C=O) groups is 1. The molecule has 0 spiro atoms. The number of hydrogen-bond donors (Lipinski definition) is 2. The zero-order valence-corrected chi connectivity index (χ0v) is 12.7. The molecule has 1 saturated heterocycles. The number of piperidine rings is 1. The van der Waals surface area contributed by atoms with Crippen molar-refractivity contribution in [1.29, 1.82) is 0 Å². The van der Waals surface area contributed by atoms with E-state index in [2.05, 4.69) is 24.2 Å². The number of rotatable bonds is 3. The number of aromatic hydroxyl groups is 1. The first-order valence-corrected chi connectivity index (χ1v) is 7.23. The van der Waals surface area contributed by atoms with E-state index in [0.29, 0.717) is 11.6 Å². The summed E-state index contributed by atoms with van der Waals surface area (Å²) in [7, 11) is 2.11. The van der Waals surface area contributed by atoms with Crippen molar-refractivity contribution < 1.29 is 9.90 Å². The molecule has 5 heteroatoms. The Labute approximate surface area is 124 Å². The van der Waals surface area contributed by atoms with Crippen molar-refractivity contribution >= 4 is 17.5 Å². The molecule has 0 unspecified atom stereocenters. The maximum Gasteiger partial charge on any atom is 0.255 e. The summed E-state index contributed by atoms with van der Waals surface area (Å²) >= 11 is 5.76. The van der Waals surface area contributed by atoms with Crippen LogP contribution in [0.25, 0.3) is 0 Å². The Bertz CT molecular complexity index is 497. The van der Waals surface area contributed by atoms with Crippen molar-refractivity contribution in [2.24, 2.45) is 5.41 Å². The van der Waals surface area contributed by atoms with E-state index < -0.39 is 0 Å². The number of carbonyl (C=O) groups excluding carboxylic acids is 1. The van der Waals surface area contributed by atoms with Gasteiger partial charge in [0.15, 0.2) is 0 Å². The number of amides is 1. The van der Waals surface area contributed by atoms with Crippen molar-refractivity contribution in [3.8, 4) is 5.75 Å². The Kier molecular flexibility index (Phi) is 4.55. The van der Waals surface area contributed by atoms with Gasteiger partial charge in [0, 0.05) is 11.6 Å². The quantitative estimate of drug-likeness (QED) is 0.901. The summed E-state index contributed by atoms with van der Waals surface area (Å²) in [5.74, 6) is -0.331. The van der Waals surface area contributed by atoms with Gasteiger partial charge in [-0.25, -0.2) is 0 Å². The molecular formula is C15H21ClN2O2. The smallest absolute Gasteiger partial charge is 0.255 e. The fourth-order valence-electron chi connectivity index (χ4n) is 2.42. The summed E-state index contributed by atoms with van der Waals surface area (Å²) in [4.78, 5) is 14.4. The van der Waals surface area contributed by atoms with Gasteiger partial charge < -0.3 is 15.3 Å². The van der Waals surface area contributed by atoms with Gasteiger partial charge in [-0.1, -0.05) is 18.5 Å². The third-order valence-corrected chi connectivity index (χ3v) is 4.31. The van der Waals surface area contributed by atoms with Crippen LogP contribution in [0, 0.1) is 5.41 Å². The minimum Gasteiger partial charge on any atom is -0.507 e. The van der Waals surface area contributed by atoms with Gasteiger partial charge in [-0.3, -0.25) is 4.79 Å². The summed E-state index contributed by atoms with van der Waals surface area (Å²) in [6, 6.07) is 4.53. The molecule has 0 atom stereocenters. The predicted molar refractivity (Wildman–Crippen MR) is 80.3 cm³/mol. The third-order valence-electron chi connectivity index (χ3n) is 4.07. The standard InChI is InChI=1S/C15H21ClN2O2/c1-15(5-7-18(2)8-6-15)10-17-14(20)12-4-3-11(16)9-13(12)19/h3-4,9,19H,5-8,10H2,1-2H3,(H,17,20). The van der Waals surface area contributed by atoms with Crippen molar-refractivity contribution in [2.45, 2.75) is 19.8 Å². The van der Waals surface area contributed by atoms with Gasteiger partial charge >= 0.3 is 0 Å². The fourth-order valence-corrected chi connectivity index (χ4v) is 2.59. The van der Waals surface area contributed by atoms with E-state index in [9.17, 15) is 9.90 Å². The largest absolute Gasteiger partial charge is 0.507 e. The topological polar surface area (TPSA) is 52.6 Å². The molecule has 1 aromatic rings. The molecule has 1 aromatic carbocycles. The van der Waals surface area contributed by atoms with Crippen LogP contribution in [-0.4, -0.2) is 42.6 Å². The molecule has 0 aromatic heterocycles. The van der Waals surface area contributed by atoms with Crippen LogP contribution in [0.1, 0.15) is 30.1 Å². The molecule has 1 aliphatic rings. The minimum absolute atomic E-state index is 0.0801. The van der Waals surface area contributed by atoms with E-state index in [1.165, 1.54) is 6.07 Å². The van der Waals surface area contributed by atoms with Crippen LogP contribution in [0.2, 0.25) is 5.02 Å².